The molecule has 0 spiro atoms. The number of fused-ring (bicyclic) bond motifs is 3. The Morgan fingerprint density at radius 1 is 1.12 bits per heavy atom. The predicted octanol–water partition coefficient (Wildman–Crippen LogP) is 4.83. The molecule has 5 rings (SSSR count). The maximum Gasteiger partial charge on any atom is 0.222 e. The number of hydrogen-bond acceptors (Lipinski definition) is 3. The molecule has 2 aromatic rings. The minimum atomic E-state index is 0.417. The number of benzene rings is 1. The van der Waals surface area contributed by atoms with Gasteiger partial charge in [0.2, 0.25) is 5.91 Å². The van der Waals surface area contributed by atoms with Crippen LogP contribution in [0.1, 0.15) is 55.9 Å². The van der Waals surface area contributed by atoms with Crippen molar-refractivity contribution >= 4 is 27.5 Å². The minimum absolute atomic E-state index is 0.417. The number of likely N-dealkylation sites (tertiary alicyclic amines) is 1. The average molecular weight is 355 g/mol. The van der Waals surface area contributed by atoms with Crippen LogP contribution in [0.15, 0.2) is 24.3 Å². The minimum Gasteiger partial charge on any atom is -0.343 e. The van der Waals surface area contributed by atoms with Crippen LogP contribution in [-0.4, -0.2) is 28.9 Å². The molecule has 3 atom stereocenters. The molecule has 2 saturated carbocycles. The van der Waals surface area contributed by atoms with Crippen molar-refractivity contribution in [2.24, 2.45) is 17.8 Å². The van der Waals surface area contributed by atoms with E-state index >= 15 is 0 Å². The normalized spacial score (nSPS) is 29.6. The fraction of sp³-hybridized carbons (Fsp3) is 0.619. The van der Waals surface area contributed by atoms with Crippen LogP contribution in [0.25, 0.3) is 10.2 Å². The van der Waals surface area contributed by atoms with Crippen LogP contribution in [0.2, 0.25) is 0 Å². The summed E-state index contributed by atoms with van der Waals surface area (Å²) in [4.78, 5) is 19.7. The van der Waals surface area contributed by atoms with Gasteiger partial charge in [-0.15, -0.1) is 11.3 Å². The highest BCUT2D eigenvalue weighted by Crippen LogP contribution is 2.49. The van der Waals surface area contributed by atoms with E-state index in [9.17, 15) is 4.79 Å². The van der Waals surface area contributed by atoms with Gasteiger partial charge in [0.1, 0.15) is 0 Å². The molecular weight excluding hydrogens is 328 g/mol. The monoisotopic (exact) mass is 354 g/mol. The first-order valence-corrected chi connectivity index (χ1v) is 10.7. The van der Waals surface area contributed by atoms with Crippen LogP contribution in [0, 0.1) is 17.8 Å². The van der Waals surface area contributed by atoms with Crippen LogP contribution in [0.4, 0.5) is 0 Å². The second-order valence-corrected chi connectivity index (χ2v) is 9.38. The summed E-state index contributed by atoms with van der Waals surface area (Å²) >= 11 is 1.83. The van der Waals surface area contributed by atoms with Crippen LogP contribution >= 0.6 is 11.3 Å². The molecule has 25 heavy (non-hydrogen) atoms. The maximum absolute atomic E-state index is 12.7. The van der Waals surface area contributed by atoms with E-state index in [0.717, 1.165) is 49.7 Å². The fourth-order valence-corrected chi connectivity index (χ4v) is 6.56. The van der Waals surface area contributed by atoms with Gasteiger partial charge in [0.25, 0.3) is 0 Å². The summed E-state index contributed by atoms with van der Waals surface area (Å²) in [6.07, 6.45) is 8.47. The number of rotatable bonds is 3. The quantitative estimate of drug-likeness (QED) is 0.791. The van der Waals surface area contributed by atoms with Crippen LogP contribution in [-0.2, 0) is 4.79 Å². The standard InChI is InChI=1S/C21H26N2OS/c24-20(13-17-12-14-5-6-16(17)11-14)23-9-7-15(8-10-23)21-22-18-3-1-2-4-19(18)25-21/h1-4,14-17H,5-13H2/t14-,16-,17+/m1/s1. The number of para-hydroxylation sites is 1. The zero-order valence-corrected chi connectivity index (χ0v) is 15.5. The molecule has 132 valence electrons. The summed E-state index contributed by atoms with van der Waals surface area (Å²) in [5, 5.41) is 1.27. The molecule has 2 aliphatic carbocycles. The van der Waals surface area contributed by atoms with Gasteiger partial charge >= 0.3 is 0 Å². The summed E-state index contributed by atoms with van der Waals surface area (Å²) in [6.45, 7) is 1.83. The Morgan fingerprint density at radius 2 is 1.96 bits per heavy atom. The smallest absolute Gasteiger partial charge is 0.222 e. The average Bonchev–Trinajstić information content (AvgIpc) is 3.36. The number of carbonyl (C=O) groups is 1. The number of nitrogens with zero attached hydrogens (tertiary/aromatic N) is 2. The Kier molecular flexibility index (Phi) is 4.04. The molecule has 3 aliphatic rings. The summed E-state index contributed by atoms with van der Waals surface area (Å²) in [5.41, 5.74) is 1.12. The van der Waals surface area contributed by atoms with Gasteiger partial charge in [-0.1, -0.05) is 18.6 Å². The van der Waals surface area contributed by atoms with Crippen molar-refractivity contribution in [3.8, 4) is 0 Å². The van der Waals surface area contributed by atoms with Gasteiger partial charge in [0, 0.05) is 25.4 Å². The van der Waals surface area contributed by atoms with Crippen LogP contribution < -0.4 is 0 Å². The molecule has 1 amide bonds. The zero-order chi connectivity index (χ0) is 16.8. The number of carbonyl (C=O) groups excluding carboxylic acids is 1. The highest BCUT2D eigenvalue weighted by Gasteiger charge is 2.40. The van der Waals surface area contributed by atoms with E-state index in [1.54, 1.807) is 0 Å². The van der Waals surface area contributed by atoms with Crippen molar-refractivity contribution in [2.75, 3.05) is 13.1 Å². The Morgan fingerprint density at radius 3 is 2.68 bits per heavy atom. The first-order valence-electron chi connectivity index (χ1n) is 9.89. The SMILES string of the molecule is O=C(C[C@@H]1C[C@@H]2CC[C@@H]1C2)N1CCC(c2nc3ccccc3s2)CC1. The van der Waals surface area contributed by atoms with Crippen molar-refractivity contribution < 1.29 is 4.79 Å². The lowest BCUT2D eigenvalue weighted by Crippen LogP contribution is -2.39. The first kappa shape index (κ1) is 15.8. The summed E-state index contributed by atoms with van der Waals surface area (Å²) < 4.78 is 1.28. The third kappa shape index (κ3) is 2.99. The van der Waals surface area contributed by atoms with Crippen LogP contribution in [0.5, 0.6) is 0 Å². The Bertz CT molecular complexity index is 744. The van der Waals surface area contributed by atoms with E-state index in [0.29, 0.717) is 17.7 Å². The lowest BCUT2D eigenvalue weighted by Gasteiger charge is -2.32. The highest BCUT2D eigenvalue weighted by molar-refractivity contribution is 7.18. The molecule has 2 bridgehead atoms. The highest BCUT2D eigenvalue weighted by atomic mass is 32.1. The number of amides is 1. The predicted molar refractivity (Wildman–Crippen MR) is 102 cm³/mol. The largest absolute Gasteiger partial charge is 0.343 e. The molecule has 4 heteroatoms. The molecule has 0 radical (unpaired) electrons. The van der Waals surface area contributed by atoms with E-state index < -0.39 is 0 Å². The second kappa shape index (κ2) is 6.39. The van der Waals surface area contributed by atoms with E-state index in [2.05, 4.69) is 29.2 Å². The van der Waals surface area contributed by atoms with Gasteiger partial charge in [-0.25, -0.2) is 4.98 Å². The number of aromatic nitrogens is 1. The lowest BCUT2D eigenvalue weighted by molar-refractivity contribution is -0.133. The van der Waals surface area contributed by atoms with Gasteiger partial charge in [-0.05, 0) is 62.0 Å². The zero-order valence-electron chi connectivity index (χ0n) is 14.7. The molecule has 1 aromatic heterocycles. The van der Waals surface area contributed by atoms with Gasteiger partial charge < -0.3 is 4.90 Å². The first-order chi connectivity index (χ1) is 12.3. The van der Waals surface area contributed by atoms with Gasteiger partial charge in [-0.2, -0.15) is 0 Å². The summed E-state index contributed by atoms with van der Waals surface area (Å²) in [7, 11) is 0. The van der Waals surface area contributed by atoms with Crippen molar-refractivity contribution in [3.05, 3.63) is 29.3 Å². The summed E-state index contributed by atoms with van der Waals surface area (Å²) in [6, 6.07) is 8.40. The van der Waals surface area contributed by atoms with Gasteiger partial charge in [0.05, 0.1) is 15.2 Å². The molecule has 3 nitrogen and oxygen atoms in total. The van der Waals surface area contributed by atoms with Crippen molar-refractivity contribution in [3.63, 3.8) is 0 Å². The topological polar surface area (TPSA) is 33.2 Å². The van der Waals surface area contributed by atoms with E-state index in [-0.39, 0.29) is 0 Å². The third-order valence-corrected chi connectivity index (χ3v) is 8.03. The molecule has 1 saturated heterocycles. The van der Waals surface area contributed by atoms with E-state index in [1.165, 1.54) is 35.4 Å². The van der Waals surface area contributed by atoms with E-state index in [4.69, 9.17) is 4.98 Å². The molecule has 2 heterocycles. The number of hydrogen-bond donors (Lipinski definition) is 0. The Balaban J connectivity index is 1.18. The molecular formula is C21H26N2OS. The lowest BCUT2D eigenvalue weighted by atomic mass is 9.86. The fourth-order valence-electron chi connectivity index (χ4n) is 5.42. The second-order valence-electron chi connectivity index (χ2n) is 8.31. The Hall–Kier alpha value is -1.42. The maximum atomic E-state index is 12.7. The van der Waals surface area contributed by atoms with Crippen molar-refractivity contribution in [1.82, 2.24) is 9.88 Å². The van der Waals surface area contributed by atoms with Crippen molar-refractivity contribution in [2.45, 2.75) is 50.9 Å². The summed E-state index contributed by atoms with van der Waals surface area (Å²) in [5.74, 6) is 3.43. The van der Waals surface area contributed by atoms with Gasteiger partial charge in [-0.3, -0.25) is 4.79 Å². The molecule has 0 unspecified atom stereocenters. The molecule has 1 aromatic carbocycles. The number of thiazole rings is 1. The van der Waals surface area contributed by atoms with Crippen molar-refractivity contribution in [1.29, 1.82) is 0 Å². The third-order valence-electron chi connectivity index (χ3n) is 6.83. The van der Waals surface area contributed by atoms with Crippen LogP contribution in [0.3, 0.4) is 0 Å². The molecule has 1 aliphatic heterocycles. The molecule has 3 fully saturated rings. The van der Waals surface area contributed by atoms with E-state index in [1.807, 2.05) is 11.3 Å². The Labute approximate surface area is 153 Å². The van der Waals surface area contributed by atoms with Gasteiger partial charge in [0.15, 0.2) is 0 Å². The molecule has 0 N–H and O–H groups in total. The number of piperidine rings is 1.